The predicted molar refractivity (Wildman–Crippen MR) is 106 cm³/mol. The number of ether oxygens (including phenoxy) is 1. The maximum absolute atomic E-state index is 11.7. The molecule has 4 rings (SSSR count). The smallest absolute Gasteiger partial charge is 0.726 e. The van der Waals surface area contributed by atoms with Gasteiger partial charge in [-0.1, -0.05) is 34.6 Å². The molecule has 4 aliphatic rings. The number of hydrogen-bond donors (Lipinski definition) is 0. The Morgan fingerprint density at radius 2 is 1.67 bits per heavy atom. The van der Waals surface area contributed by atoms with Crippen molar-refractivity contribution < 1.29 is 56.2 Å². The summed E-state index contributed by atoms with van der Waals surface area (Å²) in [4.78, 5) is 11.7. The van der Waals surface area contributed by atoms with Gasteiger partial charge in [0, 0.05) is 12.3 Å². The molecule has 0 spiro atoms. The Hall–Kier alpha value is 0.340. The molecule has 6 nitrogen and oxygen atoms in total. The maximum Gasteiger partial charge on any atom is 1.00 e. The summed E-state index contributed by atoms with van der Waals surface area (Å²) in [7, 11) is -4.73. The van der Waals surface area contributed by atoms with Gasteiger partial charge in [-0.25, -0.2) is 8.42 Å². The second-order valence-electron chi connectivity index (χ2n) is 11.5. The summed E-state index contributed by atoms with van der Waals surface area (Å²) < 4.78 is 45.3. The fourth-order valence-electron chi connectivity index (χ4n) is 7.83. The summed E-state index contributed by atoms with van der Waals surface area (Å²) in [6.07, 6.45) is 3.75. The molecule has 0 heterocycles. The van der Waals surface area contributed by atoms with Crippen molar-refractivity contribution in [2.75, 3.05) is 0 Å². The van der Waals surface area contributed by atoms with E-state index in [4.69, 9.17) is 8.92 Å². The molecule has 8 heteroatoms. The van der Waals surface area contributed by atoms with Crippen molar-refractivity contribution in [3.8, 4) is 0 Å². The number of carbonyl (C=O) groups is 1. The first-order valence-electron chi connectivity index (χ1n) is 11.0. The molecular weight excluding hydrogens is 415 g/mol. The number of hydrogen-bond acceptors (Lipinski definition) is 6. The fraction of sp³-hybridized carbons (Fsp3) is 0.955. The van der Waals surface area contributed by atoms with Crippen LogP contribution in [0.3, 0.4) is 0 Å². The minimum Gasteiger partial charge on any atom is -0.726 e. The monoisotopic (exact) mass is 450 g/mol. The molecule has 30 heavy (non-hydrogen) atoms. The predicted octanol–water partition coefficient (Wildman–Crippen LogP) is 0.912. The minimum absolute atomic E-state index is 0. The molecule has 0 aromatic heterocycles. The standard InChI is InChI=1S/C22H36O6S.Na/c1-12(2)14-9-16(28-29(24,25)26)21(5)8-7-20(4)11-17(27-13(3)23)22(6)10-15(22)19(20)18(14)21;/h12,14-19H,7-11H2,1-6H3,(H,24,25,26);/q;+1/p-1/t14-,15+,16-,17-,18-,19-,20+,21+,22+;/m1./s1. The summed E-state index contributed by atoms with van der Waals surface area (Å²) in [6, 6.07) is 0. The molecule has 0 amide bonds. The van der Waals surface area contributed by atoms with Gasteiger partial charge in [-0.05, 0) is 72.5 Å². The van der Waals surface area contributed by atoms with Gasteiger partial charge in [-0.2, -0.15) is 0 Å². The minimum atomic E-state index is -4.73. The molecule has 0 aromatic carbocycles. The van der Waals surface area contributed by atoms with Gasteiger partial charge in [0.2, 0.25) is 10.4 Å². The SMILES string of the molecule is CC(=O)O[C@@H]1C[C@]2(C)CC[C@]3(C)[C@@H]([C@H]2[C@@H]2C[C@]12C)[C@@H](C(C)C)C[C@H]3OS(=O)(=O)[O-].[Na+]. The van der Waals surface area contributed by atoms with Gasteiger partial charge in [0.1, 0.15) is 6.10 Å². The molecule has 0 bridgehead atoms. The van der Waals surface area contributed by atoms with Gasteiger partial charge in [0.15, 0.2) is 0 Å². The zero-order valence-electron chi connectivity index (χ0n) is 19.4. The Labute approximate surface area is 203 Å². The Balaban J connectivity index is 0.00000256. The largest absolute Gasteiger partial charge is 1.00 e. The summed E-state index contributed by atoms with van der Waals surface area (Å²) in [5.41, 5.74) is -0.239. The third-order valence-electron chi connectivity index (χ3n) is 9.44. The van der Waals surface area contributed by atoms with Crippen molar-refractivity contribution in [3.05, 3.63) is 0 Å². The van der Waals surface area contributed by atoms with E-state index in [1.54, 1.807) is 0 Å². The topological polar surface area (TPSA) is 92.7 Å². The summed E-state index contributed by atoms with van der Waals surface area (Å²) >= 11 is 0. The van der Waals surface area contributed by atoms with Crippen molar-refractivity contribution in [2.24, 2.45) is 45.8 Å². The van der Waals surface area contributed by atoms with Crippen LogP contribution in [0, 0.1) is 45.8 Å². The molecule has 166 valence electrons. The van der Waals surface area contributed by atoms with Crippen LogP contribution in [0.2, 0.25) is 0 Å². The molecule has 0 saturated heterocycles. The zero-order valence-corrected chi connectivity index (χ0v) is 22.3. The second-order valence-corrected chi connectivity index (χ2v) is 12.5. The third kappa shape index (κ3) is 3.83. The van der Waals surface area contributed by atoms with E-state index in [0.29, 0.717) is 36.0 Å². The van der Waals surface area contributed by atoms with E-state index in [0.717, 1.165) is 25.7 Å². The first kappa shape index (κ1) is 25.0. The van der Waals surface area contributed by atoms with E-state index in [9.17, 15) is 17.8 Å². The van der Waals surface area contributed by atoms with Crippen LogP contribution in [0.25, 0.3) is 0 Å². The average Bonchev–Trinajstić information content (AvgIpc) is 3.16. The van der Waals surface area contributed by atoms with Crippen molar-refractivity contribution >= 4 is 16.4 Å². The average molecular weight is 451 g/mol. The first-order chi connectivity index (χ1) is 13.2. The van der Waals surface area contributed by atoms with Crippen LogP contribution in [0.4, 0.5) is 0 Å². The third-order valence-corrected chi connectivity index (χ3v) is 9.90. The van der Waals surface area contributed by atoms with E-state index in [1.807, 2.05) is 0 Å². The molecular formula is C22H35NaO6S. The van der Waals surface area contributed by atoms with E-state index >= 15 is 0 Å². The molecule has 0 aliphatic heterocycles. The Morgan fingerprint density at radius 3 is 2.20 bits per heavy atom. The van der Waals surface area contributed by atoms with Crippen LogP contribution in [-0.4, -0.2) is 31.1 Å². The normalized spacial score (nSPS) is 49.5. The Kier molecular flexibility index (Phi) is 6.40. The van der Waals surface area contributed by atoms with Gasteiger partial charge in [0.05, 0.1) is 6.10 Å². The van der Waals surface area contributed by atoms with Crippen LogP contribution >= 0.6 is 0 Å². The quantitative estimate of drug-likeness (QED) is 0.274. The molecule has 4 saturated carbocycles. The van der Waals surface area contributed by atoms with Gasteiger partial charge in [-0.3, -0.25) is 8.98 Å². The van der Waals surface area contributed by atoms with Crippen molar-refractivity contribution in [1.29, 1.82) is 0 Å². The Bertz CT molecular complexity index is 814. The Morgan fingerprint density at radius 1 is 1.03 bits per heavy atom. The molecule has 0 unspecified atom stereocenters. The molecule has 4 aliphatic carbocycles. The van der Waals surface area contributed by atoms with E-state index in [1.165, 1.54) is 6.92 Å². The van der Waals surface area contributed by atoms with E-state index < -0.39 is 16.5 Å². The summed E-state index contributed by atoms with van der Waals surface area (Å²) in [5.74, 6) is 1.73. The number of esters is 1. The molecule has 9 atom stereocenters. The van der Waals surface area contributed by atoms with Crippen LogP contribution in [0.5, 0.6) is 0 Å². The van der Waals surface area contributed by atoms with Gasteiger partial charge < -0.3 is 9.29 Å². The molecule has 0 N–H and O–H groups in total. The number of rotatable bonds is 4. The molecule has 0 aromatic rings. The van der Waals surface area contributed by atoms with Crippen molar-refractivity contribution in [1.82, 2.24) is 0 Å². The molecule has 0 radical (unpaired) electrons. The summed E-state index contributed by atoms with van der Waals surface area (Å²) in [6.45, 7) is 12.6. The zero-order chi connectivity index (χ0) is 21.6. The van der Waals surface area contributed by atoms with Gasteiger partial charge in [-0.15, -0.1) is 0 Å². The van der Waals surface area contributed by atoms with Crippen LogP contribution < -0.4 is 29.6 Å². The second kappa shape index (κ2) is 7.69. The van der Waals surface area contributed by atoms with E-state index in [2.05, 4.69) is 34.6 Å². The van der Waals surface area contributed by atoms with Crippen LogP contribution in [-0.2, 0) is 24.1 Å². The number of carbonyl (C=O) groups excluding carboxylic acids is 1. The van der Waals surface area contributed by atoms with Crippen LogP contribution in [0.15, 0.2) is 0 Å². The maximum atomic E-state index is 11.7. The van der Waals surface area contributed by atoms with Crippen molar-refractivity contribution in [3.63, 3.8) is 0 Å². The molecule has 4 fully saturated rings. The summed E-state index contributed by atoms with van der Waals surface area (Å²) in [5, 5.41) is 0. The van der Waals surface area contributed by atoms with Crippen molar-refractivity contribution in [2.45, 2.75) is 85.9 Å². The first-order valence-corrected chi connectivity index (χ1v) is 12.4. The number of fused-ring (bicyclic) bond motifs is 5. The van der Waals surface area contributed by atoms with Gasteiger partial charge in [0.25, 0.3) is 0 Å². The fourth-order valence-corrected chi connectivity index (χ4v) is 8.42. The van der Waals surface area contributed by atoms with Gasteiger partial charge >= 0.3 is 35.5 Å². The van der Waals surface area contributed by atoms with Crippen LogP contribution in [0.1, 0.15) is 73.6 Å². The van der Waals surface area contributed by atoms with E-state index in [-0.39, 0.29) is 57.9 Å².